The van der Waals surface area contributed by atoms with Gasteiger partial charge >= 0.3 is 0 Å². The molecule has 2 amide bonds. The first-order valence-electron chi connectivity index (χ1n) is 10.2. The van der Waals surface area contributed by atoms with E-state index in [-0.39, 0.29) is 24.3 Å². The van der Waals surface area contributed by atoms with Crippen LogP contribution in [0.15, 0.2) is 64.0 Å². The van der Waals surface area contributed by atoms with Gasteiger partial charge in [-0.1, -0.05) is 57.3 Å². The zero-order valence-corrected chi connectivity index (χ0v) is 24.3. The van der Waals surface area contributed by atoms with Gasteiger partial charge in [0.2, 0.25) is 0 Å². The molecule has 5 nitrogen and oxygen atoms in total. The number of halogens is 4. The molecule has 0 aromatic heterocycles. The normalized spacial score (nSPS) is 14.7. The fourth-order valence-electron chi connectivity index (χ4n) is 3.31. The first kappa shape index (κ1) is 26.3. The van der Waals surface area contributed by atoms with Crippen molar-refractivity contribution in [2.24, 2.45) is 0 Å². The summed E-state index contributed by atoms with van der Waals surface area (Å²) in [6, 6.07) is 16.5. The number of nitrogens with zero attached hydrogens (tertiary/aromatic N) is 1. The molecule has 1 saturated heterocycles. The van der Waals surface area contributed by atoms with E-state index in [2.05, 4.69) is 38.5 Å². The zero-order chi connectivity index (χ0) is 25.1. The molecule has 1 fully saturated rings. The second-order valence-electron chi connectivity index (χ2n) is 7.47. The van der Waals surface area contributed by atoms with Gasteiger partial charge < -0.3 is 9.47 Å². The Hall–Kier alpha value is -1.72. The van der Waals surface area contributed by atoms with E-state index in [1.54, 1.807) is 31.4 Å². The minimum atomic E-state index is -0.322. The van der Waals surface area contributed by atoms with Crippen LogP contribution in [-0.4, -0.2) is 23.2 Å². The average molecular weight is 705 g/mol. The van der Waals surface area contributed by atoms with Gasteiger partial charge in [-0.15, -0.1) is 0 Å². The molecule has 0 saturated carbocycles. The number of ether oxygens (including phenoxy) is 2. The number of amides is 2. The van der Waals surface area contributed by atoms with E-state index in [1.165, 1.54) is 4.90 Å². The van der Waals surface area contributed by atoms with Gasteiger partial charge in [0.15, 0.2) is 11.5 Å². The largest absolute Gasteiger partial charge is 0.493 e. The molecular weight excluding hydrogens is 688 g/mol. The molecule has 0 radical (unpaired) electrons. The van der Waals surface area contributed by atoms with E-state index >= 15 is 0 Å². The van der Waals surface area contributed by atoms with Crippen molar-refractivity contribution in [3.8, 4) is 11.5 Å². The van der Waals surface area contributed by atoms with Crippen molar-refractivity contribution < 1.29 is 19.1 Å². The van der Waals surface area contributed by atoms with Crippen LogP contribution in [0.5, 0.6) is 11.5 Å². The number of imide groups is 1. The number of methoxy groups -OCH3 is 1. The summed E-state index contributed by atoms with van der Waals surface area (Å²) in [7, 11) is 1.55. The number of rotatable bonds is 7. The molecule has 1 aliphatic rings. The summed E-state index contributed by atoms with van der Waals surface area (Å²) >= 11 is 18.5. The van der Waals surface area contributed by atoms with Gasteiger partial charge in [-0.3, -0.25) is 14.5 Å². The van der Waals surface area contributed by atoms with Gasteiger partial charge in [-0.05, 0) is 93.5 Å². The van der Waals surface area contributed by atoms with Crippen LogP contribution in [0.25, 0.3) is 6.08 Å². The summed E-state index contributed by atoms with van der Waals surface area (Å²) in [4.78, 5) is 27.1. The van der Waals surface area contributed by atoms with Gasteiger partial charge in [-0.25, -0.2) is 0 Å². The van der Waals surface area contributed by atoms with Crippen molar-refractivity contribution in [1.82, 2.24) is 4.90 Å². The Balaban J connectivity index is 1.52. The third kappa shape index (κ3) is 6.35. The Morgan fingerprint density at radius 2 is 1.74 bits per heavy atom. The minimum Gasteiger partial charge on any atom is -0.493 e. The fourth-order valence-corrected chi connectivity index (χ4v) is 5.51. The molecule has 4 rings (SSSR count). The molecule has 1 aliphatic heterocycles. The molecular formula is C25H17BrCl2INO4S. The lowest BCUT2D eigenvalue weighted by Crippen LogP contribution is -2.27. The molecule has 0 N–H and O–H groups in total. The zero-order valence-electron chi connectivity index (χ0n) is 18.2. The molecule has 180 valence electrons. The molecule has 1 heterocycles. The third-order valence-electron chi connectivity index (χ3n) is 5.04. The van der Waals surface area contributed by atoms with E-state index in [9.17, 15) is 9.59 Å². The highest BCUT2D eigenvalue weighted by Crippen LogP contribution is 2.38. The van der Waals surface area contributed by atoms with Crippen molar-refractivity contribution in [3.63, 3.8) is 0 Å². The summed E-state index contributed by atoms with van der Waals surface area (Å²) in [6.45, 7) is 0.495. The maximum absolute atomic E-state index is 12.9. The maximum atomic E-state index is 12.9. The van der Waals surface area contributed by atoms with Crippen LogP contribution in [0.2, 0.25) is 10.0 Å². The van der Waals surface area contributed by atoms with Gasteiger partial charge in [0, 0.05) is 4.47 Å². The molecule has 3 aromatic rings. The maximum Gasteiger partial charge on any atom is 0.293 e. The molecule has 3 aromatic carbocycles. The number of hydrogen-bond donors (Lipinski definition) is 0. The highest BCUT2D eigenvalue weighted by atomic mass is 127. The monoisotopic (exact) mass is 703 g/mol. The van der Waals surface area contributed by atoms with Crippen LogP contribution in [0.3, 0.4) is 0 Å². The van der Waals surface area contributed by atoms with Crippen molar-refractivity contribution in [2.75, 3.05) is 7.11 Å². The standard InChI is InChI=1S/C25H17BrCl2INO4S/c1-33-21-10-16(9-20(29)23(21)34-13-15-4-7-18(27)19(28)8-15)11-22-24(31)30(25(32)35-22)12-14-2-5-17(26)6-3-14/h2-11H,12-13H2,1H3/b22-11-. The highest BCUT2D eigenvalue weighted by Gasteiger charge is 2.35. The number of thioether (sulfide) groups is 1. The highest BCUT2D eigenvalue weighted by molar-refractivity contribution is 14.1. The van der Waals surface area contributed by atoms with Crippen LogP contribution in [0.1, 0.15) is 16.7 Å². The fraction of sp³-hybridized carbons (Fsp3) is 0.120. The minimum absolute atomic E-state index is 0.220. The summed E-state index contributed by atoms with van der Waals surface area (Å²) in [6.07, 6.45) is 1.69. The van der Waals surface area contributed by atoms with Gasteiger partial charge in [0.1, 0.15) is 6.61 Å². The summed E-state index contributed by atoms with van der Waals surface area (Å²) in [5.41, 5.74) is 2.46. The topological polar surface area (TPSA) is 55.8 Å². The molecule has 0 aliphatic carbocycles. The van der Waals surface area contributed by atoms with E-state index in [4.69, 9.17) is 32.7 Å². The Labute approximate surface area is 239 Å². The van der Waals surface area contributed by atoms with Crippen molar-refractivity contribution in [3.05, 3.63) is 94.3 Å². The van der Waals surface area contributed by atoms with Crippen molar-refractivity contribution in [1.29, 1.82) is 0 Å². The van der Waals surface area contributed by atoms with Gasteiger partial charge in [-0.2, -0.15) is 0 Å². The summed E-state index contributed by atoms with van der Waals surface area (Å²) in [5.74, 6) is 0.758. The molecule has 0 atom stereocenters. The molecule has 0 spiro atoms. The van der Waals surface area contributed by atoms with Crippen LogP contribution < -0.4 is 9.47 Å². The SMILES string of the molecule is COc1cc(/C=C2\SC(=O)N(Cc3ccc(Br)cc3)C2=O)cc(I)c1OCc1ccc(Cl)c(Cl)c1. The first-order valence-corrected chi connectivity index (χ1v) is 13.6. The van der Waals surface area contributed by atoms with Gasteiger partial charge in [0.05, 0.1) is 32.2 Å². The molecule has 0 unspecified atom stereocenters. The van der Waals surface area contributed by atoms with Gasteiger partial charge in [0.25, 0.3) is 11.1 Å². The smallest absolute Gasteiger partial charge is 0.293 e. The quantitative estimate of drug-likeness (QED) is 0.184. The Bertz CT molecular complexity index is 1330. The number of benzene rings is 3. The van der Waals surface area contributed by atoms with Crippen LogP contribution in [0.4, 0.5) is 4.79 Å². The van der Waals surface area contributed by atoms with Crippen molar-refractivity contribution in [2.45, 2.75) is 13.2 Å². The van der Waals surface area contributed by atoms with E-state index in [0.29, 0.717) is 26.4 Å². The summed E-state index contributed by atoms with van der Waals surface area (Å²) in [5, 5.41) is 0.638. The second kappa shape index (κ2) is 11.6. The van der Waals surface area contributed by atoms with Crippen LogP contribution in [0, 0.1) is 3.57 Å². The average Bonchev–Trinajstić information content (AvgIpc) is 3.08. The van der Waals surface area contributed by atoms with E-state index < -0.39 is 0 Å². The Kier molecular flexibility index (Phi) is 8.70. The molecule has 10 heteroatoms. The molecule has 35 heavy (non-hydrogen) atoms. The first-order chi connectivity index (χ1) is 16.7. The van der Waals surface area contributed by atoms with Crippen molar-refractivity contribution >= 4 is 90.7 Å². The number of hydrogen-bond acceptors (Lipinski definition) is 5. The third-order valence-corrected chi connectivity index (χ3v) is 8.02. The molecule has 0 bridgehead atoms. The number of carbonyl (C=O) groups is 2. The van der Waals surface area contributed by atoms with Crippen LogP contribution >= 0.6 is 73.5 Å². The van der Waals surface area contributed by atoms with E-state index in [0.717, 1.165) is 36.5 Å². The second-order valence-corrected chi connectivity index (χ2v) is 11.4. The van der Waals surface area contributed by atoms with Crippen LogP contribution in [-0.2, 0) is 17.9 Å². The Morgan fingerprint density at radius 3 is 2.43 bits per heavy atom. The predicted molar refractivity (Wildman–Crippen MR) is 152 cm³/mol. The summed E-state index contributed by atoms with van der Waals surface area (Å²) < 4.78 is 13.3. The lowest BCUT2D eigenvalue weighted by atomic mass is 10.1. The Morgan fingerprint density at radius 1 is 1.03 bits per heavy atom. The van der Waals surface area contributed by atoms with E-state index in [1.807, 2.05) is 36.4 Å². The lowest BCUT2D eigenvalue weighted by Gasteiger charge is -2.14. The lowest BCUT2D eigenvalue weighted by molar-refractivity contribution is -0.123. The predicted octanol–water partition coefficient (Wildman–Crippen LogP) is 8.18. The number of carbonyl (C=O) groups excluding carboxylic acids is 2.